The van der Waals surface area contributed by atoms with Crippen molar-refractivity contribution in [1.29, 1.82) is 0 Å². The second-order valence-electron chi connectivity index (χ2n) is 4.78. The molecule has 0 aliphatic rings. The lowest BCUT2D eigenvalue weighted by Gasteiger charge is -2.20. The Kier molecular flexibility index (Phi) is 4.53. The van der Waals surface area contributed by atoms with Crippen molar-refractivity contribution in [3.05, 3.63) is 53.6 Å². The number of aromatic nitrogens is 2. The second-order valence-corrected chi connectivity index (χ2v) is 4.78. The largest absolute Gasteiger partial charge is 0.341 e. The number of carbonyl (C=O) groups is 1. The predicted octanol–water partition coefficient (Wildman–Crippen LogP) is 1.15. The second kappa shape index (κ2) is 6.34. The molecule has 1 atom stereocenters. The van der Waals surface area contributed by atoms with Crippen molar-refractivity contribution in [3.8, 4) is 0 Å². The van der Waals surface area contributed by atoms with Crippen molar-refractivity contribution in [2.24, 2.45) is 7.05 Å². The van der Waals surface area contributed by atoms with Crippen LogP contribution in [0.4, 0.5) is 0 Å². The van der Waals surface area contributed by atoms with Gasteiger partial charge in [0.2, 0.25) is 5.91 Å². The van der Waals surface area contributed by atoms with Gasteiger partial charge in [-0.2, -0.15) is 0 Å². The smallest absolute Gasteiger partial charge is 0.234 e. The maximum atomic E-state index is 11.9. The molecular formula is C15H20N4O. The SMILES string of the molecule is CNCC(=O)NC(c1ccccc1C)c1nccn1C. The molecule has 0 saturated heterocycles. The number of likely N-dealkylation sites (N-methyl/N-ethyl adjacent to an activating group) is 1. The van der Waals surface area contributed by atoms with Gasteiger partial charge in [0.25, 0.3) is 0 Å². The van der Waals surface area contributed by atoms with Crippen LogP contribution in [0, 0.1) is 6.92 Å². The third-order valence-electron chi connectivity index (χ3n) is 3.26. The molecule has 20 heavy (non-hydrogen) atoms. The molecule has 0 aliphatic heterocycles. The lowest BCUT2D eigenvalue weighted by Crippen LogP contribution is -2.36. The Morgan fingerprint density at radius 3 is 2.75 bits per heavy atom. The van der Waals surface area contributed by atoms with Gasteiger partial charge in [0.05, 0.1) is 6.54 Å². The number of imidazole rings is 1. The zero-order chi connectivity index (χ0) is 14.5. The molecule has 0 aliphatic carbocycles. The van der Waals surface area contributed by atoms with Gasteiger partial charge in [0, 0.05) is 19.4 Å². The van der Waals surface area contributed by atoms with Crippen LogP contribution in [-0.4, -0.2) is 29.1 Å². The van der Waals surface area contributed by atoms with Gasteiger partial charge < -0.3 is 15.2 Å². The first-order chi connectivity index (χ1) is 9.63. The molecule has 2 rings (SSSR count). The molecule has 1 aromatic heterocycles. The van der Waals surface area contributed by atoms with E-state index in [4.69, 9.17) is 0 Å². The Labute approximate surface area is 119 Å². The molecule has 1 aromatic carbocycles. The maximum absolute atomic E-state index is 11.9. The lowest BCUT2D eigenvalue weighted by molar-refractivity contribution is -0.120. The number of hydrogen-bond donors (Lipinski definition) is 2. The van der Waals surface area contributed by atoms with Crippen LogP contribution in [0.2, 0.25) is 0 Å². The molecular weight excluding hydrogens is 252 g/mol. The summed E-state index contributed by atoms with van der Waals surface area (Å²) in [4.78, 5) is 16.3. The van der Waals surface area contributed by atoms with Crippen molar-refractivity contribution in [2.75, 3.05) is 13.6 Å². The molecule has 1 amide bonds. The average molecular weight is 272 g/mol. The van der Waals surface area contributed by atoms with Gasteiger partial charge in [-0.3, -0.25) is 4.79 Å². The molecule has 0 bridgehead atoms. The number of benzene rings is 1. The third kappa shape index (κ3) is 3.05. The van der Waals surface area contributed by atoms with Gasteiger partial charge in [-0.05, 0) is 25.1 Å². The van der Waals surface area contributed by atoms with Crippen LogP contribution in [0.25, 0.3) is 0 Å². The fourth-order valence-electron chi connectivity index (χ4n) is 2.22. The van der Waals surface area contributed by atoms with Gasteiger partial charge in [0.15, 0.2) is 0 Å². The summed E-state index contributed by atoms with van der Waals surface area (Å²) in [5, 5.41) is 5.89. The zero-order valence-electron chi connectivity index (χ0n) is 12.1. The van der Waals surface area contributed by atoms with Crippen LogP contribution < -0.4 is 10.6 Å². The Morgan fingerprint density at radius 2 is 2.15 bits per heavy atom. The van der Waals surface area contributed by atoms with Gasteiger partial charge in [0.1, 0.15) is 11.9 Å². The molecule has 5 heteroatoms. The Balaban J connectivity index is 2.37. The van der Waals surface area contributed by atoms with Crippen LogP contribution in [0.1, 0.15) is 23.0 Å². The van der Waals surface area contributed by atoms with Crippen LogP contribution in [0.3, 0.4) is 0 Å². The van der Waals surface area contributed by atoms with Gasteiger partial charge in [-0.1, -0.05) is 24.3 Å². The number of hydrogen-bond acceptors (Lipinski definition) is 3. The fourth-order valence-corrected chi connectivity index (χ4v) is 2.22. The Hall–Kier alpha value is -2.14. The molecule has 1 heterocycles. The number of amides is 1. The van der Waals surface area contributed by atoms with Crippen LogP contribution in [0.5, 0.6) is 0 Å². The van der Waals surface area contributed by atoms with E-state index in [2.05, 4.69) is 15.6 Å². The summed E-state index contributed by atoms with van der Waals surface area (Å²) >= 11 is 0. The lowest BCUT2D eigenvalue weighted by atomic mass is 10.0. The van der Waals surface area contributed by atoms with Gasteiger partial charge in [-0.15, -0.1) is 0 Å². The van der Waals surface area contributed by atoms with E-state index in [1.54, 1.807) is 13.2 Å². The molecule has 1 unspecified atom stereocenters. The highest BCUT2D eigenvalue weighted by Gasteiger charge is 2.21. The summed E-state index contributed by atoms with van der Waals surface area (Å²) < 4.78 is 1.93. The number of aryl methyl sites for hydroxylation is 2. The minimum Gasteiger partial charge on any atom is -0.341 e. The summed E-state index contributed by atoms with van der Waals surface area (Å²) in [7, 11) is 3.68. The number of carbonyl (C=O) groups excluding carboxylic acids is 1. The van der Waals surface area contributed by atoms with E-state index in [-0.39, 0.29) is 18.5 Å². The molecule has 0 fully saturated rings. The Morgan fingerprint density at radius 1 is 1.40 bits per heavy atom. The van der Waals surface area contributed by atoms with E-state index in [1.807, 2.05) is 49.0 Å². The predicted molar refractivity (Wildman–Crippen MR) is 78.3 cm³/mol. The van der Waals surface area contributed by atoms with E-state index >= 15 is 0 Å². The molecule has 0 radical (unpaired) electrons. The van der Waals surface area contributed by atoms with Crippen molar-refractivity contribution in [3.63, 3.8) is 0 Å². The van der Waals surface area contributed by atoms with Crippen LogP contribution in [0.15, 0.2) is 36.7 Å². The number of nitrogens with one attached hydrogen (secondary N) is 2. The minimum atomic E-state index is -0.239. The Bertz CT molecular complexity index is 591. The molecule has 2 N–H and O–H groups in total. The standard InChI is InChI=1S/C15H20N4O/c1-11-6-4-5-7-12(11)14(18-13(20)10-16-2)15-17-8-9-19(15)3/h4-9,14,16H,10H2,1-3H3,(H,18,20). The summed E-state index contributed by atoms with van der Waals surface area (Å²) in [6, 6.07) is 7.79. The summed E-state index contributed by atoms with van der Waals surface area (Å²) in [6.07, 6.45) is 3.62. The summed E-state index contributed by atoms with van der Waals surface area (Å²) in [6.45, 7) is 2.32. The van der Waals surface area contributed by atoms with E-state index in [9.17, 15) is 4.79 Å². The monoisotopic (exact) mass is 272 g/mol. The van der Waals surface area contributed by atoms with E-state index in [0.29, 0.717) is 0 Å². The minimum absolute atomic E-state index is 0.0521. The van der Waals surface area contributed by atoms with Crippen molar-refractivity contribution in [2.45, 2.75) is 13.0 Å². The highest BCUT2D eigenvalue weighted by atomic mass is 16.2. The molecule has 5 nitrogen and oxygen atoms in total. The quantitative estimate of drug-likeness (QED) is 0.858. The molecule has 0 spiro atoms. The number of rotatable bonds is 5. The highest BCUT2D eigenvalue weighted by molar-refractivity contribution is 5.78. The van der Waals surface area contributed by atoms with E-state index in [1.165, 1.54) is 0 Å². The highest BCUT2D eigenvalue weighted by Crippen LogP contribution is 2.23. The fraction of sp³-hybridized carbons (Fsp3) is 0.333. The molecule has 106 valence electrons. The normalized spacial score (nSPS) is 12.2. The van der Waals surface area contributed by atoms with Gasteiger partial charge in [-0.25, -0.2) is 4.98 Å². The summed E-state index contributed by atoms with van der Waals surface area (Å²) in [5.74, 6) is 0.771. The third-order valence-corrected chi connectivity index (χ3v) is 3.26. The maximum Gasteiger partial charge on any atom is 0.234 e. The first-order valence-corrected chi connectivity index (χ1v) is 6.60. The van der Waals surface area contributed by atoms with Crippen LogP contribution >= 0.6 is 0 Å². The first kappa shape index (κ1) is 14.3. The molecule has 2 aromatic rings. The van der Waals surface area contributed by atoms with Crippen LogP contribution in [-0.2, 0) is 11.8 Å². The summed E-state index contributed by atoms with van der Waals surface area (Å²) in [5.41, 5.74) is 2.19. The molecule has 0 saturated carbocycles. The topological polar surface area (TPSA) is 59.0 Å². The van der Waals surface area contributed by atoms with E-state index < -0.39 is 0 Å². The van der Waals surface area contributed by atoms with Crippen molar-refractivity contribution in [1.82, 2.24) is 20.2 Å². The van der Waals surface area contributed by atoms with Crippen molar-refractivity contribution < 1.29 is 4.79 Å². The number of nitrogens with zero attached hydrogens (tertiary/aromatic N) is 2. The first-order valence-electron chi connectivity index (χ1n) is 6.60. The van der Waals surface area contributed by atoms with Crippen molar-refractivity contribution >= 4 is 5.91 Å². The van der Waals surface area contributed by atoms with Gasteiger partial charge >= 0.3 is 0 Å². The zero-order valence-corrected chi connectivity index (χ0v) is 12.1. The van der Waals surface area contributed by atoms with E-state index in [0.717, 1.165) is 17.0 Å². The average Bonchev–Trinajstić information content (AvgIpc) is 2.83.